The maximum atomic E-state index is 11.5. The molecule has 0 radical (unpaired) electrons. The predicted octanol–water partition coefficient (Wildman–Crippen LogP) is 3.85. The van der Waals surface area contributed by atoms with Crippen LogP contribution >= 0.6 is 22.9 Å². The van der Waals surface area contributed by atoms with E-state index in [0.29, 0.717) is 6.42 Å². The van der Waals surface area contributed by atoms with E-state index in [-0.39, 0.29) is 11.2 Å². The Hall–Kier alpha value is -1.32. The zero-order valence-electron chi connectivity index (χ0n) is 9.93. The molecule has 0 aliphatic heterocycles. The zero-order chi connectivity index (χ0) is 13.0. The molecule has 18 heavy (non-hydrogen) atoms. The Labute approximate surface area is 115 Å². The Bertz CT molecular complexity index is 505. The van der Waals surface area contributed by atoms with Crippen molar-refractivity contribution in [1.82, 2.24) is 0 Å². The summed E-state index contributed by atoms with van der Waals surface area (Å²) < 4.78 is 5.10. The normalized spacial score (nSPS) is 12.1. The Kier molecular flexibility index (Phi) is 4.39. The molecule has 2 rings (SSSR count). The molecule has 2 nitrogen and oxygen atoms in total. The molecule has 4 heteroatoms. The first-order valence-electron chi connectivity index (χ1n) is 5.56. The molecule has 0 aliphatic rings. The van der Waals surface area contributed by atoms with Gasteiger partial charge in [0.2, 0.25) is 5.24 Å². The molecule has 0 saturated heterocycles. The van der Waals surface area contributed by atoms with E-state index >= 15 is 0 Å². The first-order chi connectivity index (χ1) is 8.70. The zero-order valence-corrected chi connectivity index (χ0v) is 11.5. The van der Waals surface area contributed by atoms with Gasteiger partial charge in [-0.25, -0.2) is 0 Å². The second-order valence-electron chi connectivity index (χ2n) is 3.92. The van der Waals surface area contributed by atoms with Crippen molar-refractivity contribution in [3.8, 4) is 5.75 Å². The Morgan fingerprint density at radius 3 is 2.56 bits per heavy atom. The van der Waals surface area contributed by atoms with Gasteiger partial charge >= 0.3 is 0 Å². The van der Waals surface area contributed by atoms with Crippen LogP contribution < -0.4 is 4.74 Å². The smallest absolute Gasteiger partial charge is 0.230 e. The van der Waals surface area contributed by atoms with Crippen molar-refractivity contribution in [2.24, 2.45) is 0 Å². The molecule has 0 bridgehead atoms. The van der Waals surface area contributed by atoms with Gasteiger partial charge in [0.25, 0.3) is 0 Å². The summed E-state index contributed by atoms with van der Waals surface area (Å²) in [6, 6.07) is 11.6. The van der Waals surface area contributed by atoms with Crippen molar-refractivity contribution in [3.63, 3.8) is 0 Å². The second kappa shape index (κ2) is 6.03. The van der Waals surface area contributed by atoms with Crippen LogP contribution in [0.2, 0.25) is 0 Å². The number of carbonyl (C=O) groups is 1. The van der Waals surface area contributed by atoms with Gasteiger partial charge in [-0.15, -0.1) is 11.3 Å². The minimum absolute atomic E-state index is 0.264. The minimum Gasteiger partial charge on any atom is -0.497 e. The summed E-state index contributed by atoms with van der Waals surface area (Å²) >= 11 is 7.24. The molecule has 1 heterocycles. The molecular formula is C14H13ClO2S. The largest absolute Gasteiger partial charge is 0.497 e. The Morgan fingerprint density at radius 1 is 1.33 bits per heavy atom. The number of ether oxygens (including phenoxy) is 1. The number of methoxy groups -OCH3 is 1. The van der Waals surface area contributed by atoms with Crippen LogP contribution in [0.25, 0.3) is 0 Å². The van der Waals surface area contributed by atoms with Gasteiger partial charge in [-0.2, -0.15) is 0 Å². The average Bonchev–Trinajstić information content (AvgIpc) is 2.90. The van der Waals surface area contributed by atoms with Crippen molar-refractivity contribution in [2.75, 3.05) is 7.11 Å². The van der Waals surface area contributed by atoms with Crippen molar-refractivity contribution >= 4 is 28.2 Å². The molecule has 0 spiro atoms. The molecule has 0 amide bonds. The molecule has 1 unspecified atom stereocenters. The monoisotopic (exact) mass is 280 g/mol. The van der Waals surface area contributed by atoms with E-state index in [1.54, 1.807) is 18.4 Å². The van der Waals surface area contributed by atoms with Gasteiger partial charge in [0.1, 0.15) is 5.75 Å². The van der Waals surface area contributed by atoms with Crippen LogP contribution in [0.3, 0.4) is 0 Å². The third kappa shape index (κ3) is 3.12. The van der Waals surface area contributed by atoms with Crippen LogP contribution in [0, 0.1) is 0 Å². The van der Waals surface area contributed by atoms with E-state index in [0.717, 1.165) is 16.2 Å². The number of benzene rings is 1. The summed E-state index contributed by atoms with van der Waals surface area (Å²) in [5, 5.41) is 1.64. The molecule has 1 aromatic heterocycles. The summed E-state index contributed by atoms with van der Waals surface area (Å²) in [5.41, 5.74) is 1.07. The number of hydrogen-bond acceptors (Lipinski definition) is 3. The Balaban J connectivity index is 2.16. The van der Waals surface area contributed by atoms with Crippen LogP contribution in [0.4, 0.5) is 0 Å². The van der Waals surface area contributed by atoms with Gasteiger partial charge in [0, 0.05) is 4.88 Å². The highest BCUT2D eigenvalue weighted by atomic mass is 35.5. The number of rotatable bonds is 5. The van der Waals surface area contributed by atoms with Crippen LogP contribution in [0.5, 0.6) is 5.75 Å². The van der Waals surface area contributed by atoms with Crippen molar-refractivity contribution in [3.05, 3.63) is 52.2 Å². The molecule has 0 aliphatic carbocycles. The molecule has 94 valence electrons. The van der Waals surface area contributed by atoms with E-state index in [4.69, 9.17) is 16.3 Å². The molecule has 1 aromatic carbocycles. The van der Waals surface area contributed by atoms with Crippen molar-refractivity contribution < 1.29 is 9.53 Å². The number of thiophene rings is 1. The third-order valence-corrected chi connectivity index (χ3v) is 4.01. The lowest BCUT2D eigenvalue weighted by molar-refractivity contribution is -0.112. The topological polar surface area (TPSA) is 26.3 Å². The molecule has 2 aromatic rings. The first-order valence-corrected chi connectivity index (χ1v) is 6.82. The van der Waals surface area contributed by atoms with Gasteiger partial charge in [-0.05, 0) is 47.2 Å². The molecule has 0 saturated carbocycles. The molecule has 0 N–H and O–H groups in total. The highest BCUT2D eigenvalue weighted by Crippen LogP contribution is 2.27. The van der Waals surface area contributed by atoms with Crippen molar-refractivity contribution in [1.29, 1.82) is 0 Å². The fourth-order valence-electron chi connectivity index (χ4n) is 1.78. The van der Waals surface area contributed by atoms with Crippen LogP contribution in [-0.2, 0) is 11.2 Å². The highest BCUT2D eigenvalue weighted by Gasteiger charge is 2.20. The quantitative estimate of drug-likeness (QED) is 0.778. The minimum atomic E-state index is -0.312. The average molecular weight is 281 g/mol. The highest BCUT2D eigenvalue weighted by molar-refractivity contribution is 7.10. The summed E-state index contributed by atoms with van der Waals surface area (Å²) in [7, 11) is 1.63. The number of carbonyl (C=O) groups excluding carboxylic acids is 1. The Morgan fingerprint density at radius 2 is 2.06 bits per heavy atom. The first kappa shape index (κ1) is 13.1. The summed E-state index contributed by atoms with van der Waals surface area (Å²) in [6.45, 7) is 0. The van der Waals surface area contributed by atoms with Gasteiger partial charge in [0.05, 0.1) is 13.0 Å². The number of hydrogen-bond donors (Lipinski definition) is 0. The van der Waals surface area contributed by atoms with E-state index in [9.17, 15) is 4.79 Å². The lowest BCUT2D eigenvalue weighted by Crippen LogP contribution is -2.08. The summed E-state index contributed by atoms with van der Waals surface area (Å²) in [6.07, 6.45) is 0.618. The summed E-state index contributed by atoms with van der Waals surface area (Å²) in [5.74, 6) is 0.545. The maximum Gasteiger partial charge on any atom is 0.230 e. The molecule has 1 atom stereocenters. The fourth-order valence-corrected chi connectivity index (χ4v) is 2.86. The molecular weight excluding hydrogens is 268 g/mol. The third-order valence-electron chi connectivity index (χ3n) is 2.76. The van der Waals surface area contributed by atoms with E-state index in [2.05, 4.69) is 0 Å². The van der Waals surface area contributed by atoms with Crippen LogP contribution in [0.1, 0.15) is 16.4 Å². The molecule has 0 fully saturated rings. The van der Waals surface area contributed by atoms with Gasteiger partial charge in [-0.3, -0.25) is 4.79 Å². The van der Waals surface area contributed by atoms with E-state index in [1.807, 2.05) is 41.8 Å². The lowest BCUT2D eigenvalue weighted by Gasteiger charge is -2.11. The lowest BCUT2D eigenvalue weighted by atomic mass is 9.99. The number of halogens is 1. The van der Waals surface area contributed by atoms with Crippen LogP contribution in [0.15, 0.2) is 41.8 Å². The van der Waals surface area contributed by atoms with Gasteiger partial charge in [0.15, 0.2) is 0 Å². The van der Waals surface area contributed by atoms with E-state index < -0.39 is 0 Å². The van der Waals surface area contributed by atoms with Gasteiger partial charge < -0.3 is 4.74 Å². The predicted molar refractivity (Wildman–Crippen MR) is 74.6 cm³/mol. The second-order valence-corrected chi connectivity index (χ2v) is 5.28. The fraction of sp³-hybridized carbons (Fsp3) is 0.214. The van der Waals surface area contributed by atoms with Gasteiger partial charge in [-0.1, -0.05) is 18.2 Å². The maximum absolute atomic E-state index is 11.5. The van der Waals surface area contributed by atoms with Crippen LogP contribution in [-0.4, -0.2) is 12.4 Å². The standard InChI is InChI=1S/C14H13ClO2S/c1-17-11-6-4-10(5-7-11)9-12(14(15)16)13-3-2-8-18-13/h2-8,12H,9H2,1H3. The van der Waals surface area contributed by atoms with Crippen molar-refractivity contribution in [2.45, 2.75) is 12.3 Å². The SMILES string of the molecule is COc1ccc(CC(C(=O)Cl)c2cccs2)cc1. The summed E-state index contributed by atoms with van der Waals surface area (Å²) in [4.78, 5) is 12.5. The van der Waals surface area contributed by atoms with E-state index in [1.165, 1.54) is 0 Å².